The maximum absolute atomic E-state index is 6.02. The highest BCUT2D eigenvalue weighted by molar-refractivity contribution is 5.13. The summed E-state index contributed by atoms with van der Waals surface area (Å²) in [6.07, 6.45) is 0. The van der Waals surface area contributed by atoms with Crippen molar-refractivity contribution in [1.29, 1.82) is 0 Å². The van der Waals surface area contributed by atoms with Crippen LogP contribution in [-0.4, -0.2) is 24.4 Å². The van der Waals surface area contributed by atoms with Gasteiger partial charge < -0.3 is 10.1 Å². The predicted octanol–water partition coefficient (Wildman–Crippen LogP) is 1.89. The van der Waals surface area contributed by atoms with Crippen LogP contribution < -0.4 is 10.6 Å². The van der Waals surface area contributed by atoms with E-state index in [0.29, 0.717) is 6.61 Å². The van der Waals surface area contributed by atoms with E-state index in [1.54, 1.807) is 0 Å². The minimum Gasteiger partial charge on any atom is -0.355 e. The molecule has 1 aromatic carbocycles. The Kier molecular flexibility index (Phi) is 3.52. The highest BCUT2D eigenvalue weighted by atomic mass is 16.5. The zero-order valence-corrected chi connectivity index (χ0v) is 10.9. The highest BCUT2D eigenvalue weighted by Gasteiger charge is 2.36. The van der Waals surface area contributed by atoms with E-state index >= 15 is 0 Å². The topological polar surface area (TPSA) is 33.3 Å². The molecule has 0 radical (unpaired) electrons. The Morgan fingerprint density at radius 3 is 2.47 bits per heavy atom. The molecular weight excluding hydrogens is 212 g/mol. The Labute approximate surface area is 104 Å². The zero-order valence-electron chi connectivity index (χ0n) is 10.9. The predicted molar refractivity (Wildman–Crippen MR) is 69.7 cm³/mol. The Balaban J connectivity index is 1.94. The second kappa shape index (κ2) is 4.77. The molecular formula is C14H22N2O. The summed E-state index contributed by atoms with van der Waals surface area (Å²) >= 11 is 0. The van der Waals surface area contributed by atoms with Gasteiger partial charge in [0.25, 0.3) is 0 Å². The van der Waals surface area contributed by atoms with Gasteiger partial charge in [0.05, 0.1) is 6.61 Å². The second-order valence-corrected chi connectivity index (χ2v) is 5.62. The molecule has 2 N–H and O–H groups in total. The molecule has 0 unspecified atom stereocenters. The molecule has 1 saturated heterocycles. The lowest BCUT2D eigenvalue weighted by atomic mass is 9.99. The van der Waals surface area contributed by atoms with Crippen molar-refractivity contribution in [3.05, 3.63) is 35.9 Å². The normalized spacial score (nSPS) is 27.9. The lowest BCUT2D eigenvalue weighted by Gasteiger charge is -2.44. The average Bonchev–Trinajstić information content (AvgIpc) is 2.26. The number of rotatable bonds is 3. The Morgan fingerprint density at radius 2 is 1.82 bits per heavy atom. The lowest BCUT2D eigenvalue weighted by Crippen LogP contribution is -2.67. The van der Waals surface area contributed by atoms with Crippen molar-refractivity contribution < 1.29 is 4.74 Å². The van der Waals surface area contributed by atoms with Gasteiger partial charge in [-0.3, -0.25) is 5.32 Å². The lowest BCUT2D eigenvalue weighted by molar-refractivity contribution is -0.0959. The molecule has 0 aromatic heterocycles. The van der Waals surface area contributed by atoms with Gasteiger partial charge in [-0.2, -0.15) is 0 Å². The fourth-order valence-electron chi connectivity index (χ4n) is 2.32. The quantitative estimate of drug-likeness (QED) is 0.838. The third kappa shape index (κ3) is 3.53. The number of hydrogen-bond donors (Lipinski definition) is 2. The summed E-state index contributed by atoms with van der Waals surface area (Å²) in [4.78, 5) is 0. The number of piperazine rings is 1. The van der Waals surface area contributed by atoms with Gasteiger partial charge in [0.15, 0.2) is 0 Å². The molecule has 3 nitrogen and oxygen atoms in total. The van der Waals surface area contributed by atoms with Crippen molar-refractivity contribution in [2.24, 2.45) is 0 Å². The SMILES string of the molecule is CC1(C)CNC[C@](C)(OCc2ccccc2)N1. The van der Waals surface area contributed by atoms with E-state index < -0.39 is 0 Å². The van der Waals surface area contributed by atoms with Gasteiger partial charge in [0, 0.05) is 18.6 Å². The van der Waals surface area contributed by atoms with Crippen LogP contribution in [0.2, 0.25) is 0 Å². The molecule has 1 aliphatic heterocycles. The first-order chi connectivity index (χ1) is 7.99. The first kappa shape index (κ1) is 12.6. The van der Waals surface area contributed by atoms with Crippen LogP contribution in [0.4, 0.5) is 0 Å². The molecule has 1 aromatic rings. The van der Waals surface area contributed by atoms with Crippen molar-refractivity contribution in [2.45, 2.75) is 38.6 Å². The molecule has 0 aliphatic carbocycles. The first-order valence-electron chi connectivity index (χ1n) is 6.17. The number of ether oxygens (including phenoxy) is 1. The third-order valence-electron chi connectivity index (χ3n) is 3.03. The minimum absolute atomic E-state index is 0.0731. The fraction of sp³-hybridized carbons (Fsp3) is 0.571. The van der Waals surface area contributed by atoms with E-state index in [4.69, 9.17) is 4.74 Å². The molecule has 1 fully saturated rings. The minimum atomic E-state index is -0.294. The van der Waals surface area contributed by atoms with Gasteiger partial charge in [-0.15, -0.1) is 0 Å². The van der Waals surface area contributed by atoms with Crippen LogP contribution >= 0.6 is 0 Å². The van der Waals surface area contributed by atoms with E-state index in [1.165, 1.54) is 5.56 Å². The van der Waals surface area contributed by atoms with Gasteiger partial charge >= 0.3 is 0 Å². The fourth-order valence-corrected chi connectivity index (χ4v) is 2.32. The van der Waals surface area contributed by atoms with E-state index in [2.05, 4.69) is 43.5 Å². The van der Waals surface area contributed by atoms with Gasteiger partial charge in [0.1, 0.15) is 5.72 Å². The Morgan fingerprint density at radius 1 is 1.12 bits per heavy atom. The van der Waals surface area contributed by atoms with Crippen molar-refractivity contribution in [3.63, 3.8) is 0 Å². The van der Waals surface area contributed by atoms with E-state index in [1.807, 2.05) is 18.2 Å². The van der Waals surface area contributed by atoms with Gasteiger partial charge in [-0.25, -0.2) is 0 Å². The van der Waals surface area contributed by atoms with Crippen molar-refractivity contribution in [3.8, 4) is 0 Å². The van der Waals surface area contributed by atoms with Gasteiger partial charge in [-0.1, -0.05) is 30.3 Å². The molecule has 1 heterocycles. The molecule has 3 heteroatoms. The maximum atomic E-state index is 6.02. The summed E-state index contributed by atoms with van der Waals surface area (Å²) in [6, 6.07) is 10.3. The summed E-state index contributed by atoms with van der Waals surface area (Å²) in [5.41, 5.74) is 0.986. The smallest absolute Gasteiger partial charge is 0.129 e. The van der Waals surface area contributed by atoms with Crippen LogP contribution in [0.15, 0.2) is 30.3 Å². The van der Waals surface area contributed by atoms with Crippen LogP contribution in [0.3, 0.4) is 0 Å². The third-order valence-corrected chi connectivity index (χ3v) is 3.03. The van der Waals surface area contributed by atoms with E-state index in [0.717, 1.165) is 13.1 Å². The highest BCUT2D eigenvalue weighted by Crippen LogP contribution is 2.18. The zero-order chi connectivity index (χ0) is 12.4. The van der Waals surface area contributed by atoms with Crippen LogP contribution in [-0.2, 0) is 11.3 Å². The molecule has 0 amide bonds. The Hall–Kier alpha value is -0.900. The van der Waals surface area contributed by atoms with E-state index in [9.17, 15) is 0 Å². The molecule has 1 aliphatic rings. The number of benzene rings is 1. The monoisotopic (exact) mass is 234 g/mol. The molecule has 0 bridgehead atoms. The van der Waals surface area contributed by atoms with Gasteiger partial charge in [-0.05, 0) is 26.3 Å². The molecule has 0 saturated carbocycles. The summed E-state index contributed by atoms with van der Waals surface area (Å²) in [7, 11) is 0. The summed E-state index contributed by atoms with van der Waals surface area (Å²) in [6.45, 7) is 8.92. The molecule has 1 atom stereocenters. The van der Waals surface area contributed by atoms with Crippen LogP contribution in [0.5, 0.6) is 0 Å². The molecule has 2 rings (SSSR count). The molecule has 94 valence electrons. The van der Waals surface area contributed by atoms with Crippen molar-refractivity contribution in [1.82, 2.24) is 10.6 Å². The van der Waals surface area contributed by atoms with Crippen LogP contribution in [0, 0.1) is 0 Å². The molecule has 0 spiro atoms. The van der Waals surface area contributed by atoms with E-state index in [-0.39, 0.29) is 11.3 Å². The van der Waals surface area contributed by atoms with Crippen LogP contribution in [0.1, 0.15) is 26.3 Å². The maximum Gasteiger partial charge on any atom is 0.129 e. The summed E-state index contributed by atoms with van der Waals surface area (Å²) in [5.74, 6) is 0. The standard InChI is InChI=1S/C14H22N2O/c1-13(2)10-15-11-14(3,16-13)17-9-12-7-5-4-6-8-12/h4-8,15-16H,9-11H2,1-3H3/t14-/m0/s1. The first-order valence-corrected chi connectivity index (χ1v) is 6.17. The largest absolute Gasteiger partial charge is 0.355 e. The summed E-state index contributed by atoms with van der Waals surface area (Å²) < 4.78 is 6.02. The average molecular weight is 234 g/mol. The van der Waals surface area contributed by atoms with Crippen molar-refractivity contribution in [2.75, 3.05) is 13.1 Å². The second-order valence-electron chi connectivity index (χ2n) is 5.62. The van der Waals surface area contributed by atoms with Crippen molar-refractivity contribution >= 4 is 0 Å². The van der Waals surface area contributed by atoms with Gasteiger partial charge in [0.2, 0.25) is 0 Å². The Bertz CT molecular complexity index is 364. The molecule has 17 heavy (non-hydrogen) atoms. The number of hydrogen-bond acceptors (Lipinski definition) is 3. The number of nitrogens with one attached hydrogen (secondary N) is 2. The summed E-state index contributed by atoms with van der Waals surface area (Å²) in [5, 5.41) is 6.97. The van der Waals surface area contributed by atoms with Crippen LogP contribution in [0.25, 0.3) is 0 Å².